The van der Waals surface area contributed by atoms with E-state index < -0.39 is 0 Å². The molecule has 0 saturated carbocycles. The van der Waals surface area contributed by atoms with Crippen LogP contribution in [0, 0.1) is 0 Å². The van der Waals surface area contributed by atoms with Crippen molar-refractivity contribution >= 4 is 53.1 Å². The van der Waals surface area contributed by atoms with Crippen LogP contribution in [0.1, 0.15) is 0 Å². The highest BCUT2D eigenvalue weighted by Crippen LogP contribution is 2.46. The topological polar surface area (TPSA) is 51.6 Å². The van der Waals surface area contributed by atoms with Gasteiger partial charge in [-0.1, -0.05) is 133 Å². The van der Waals surface area contributed by atoms with Gasteiger partial charge in [-0.05, 0) is 23.3 Å². The Morgan fingerprint density at radius 3 is 1.54 bits per heavy atom. The molecule has 0 spiro atoms. The summed E-state index contributed by atoms with van der Waals surface area (Å²) in [6, 6.07) is 50.3. The fourth-order valence-corrected chi connectivity index (χ4v) is 8.22. The van der Waals surface area contributed by atoms with Crippen molar-refractivity contribution in [1.29, 1.82) is 0 Å². The zero-order valence-corrected chi connectivity index (χ0v) is 26.1. The second kappa shape index (κ2) is 11.1. The summed E-state index contributed by atoms with van der Waals surface area (Å²) in [4.78, 5) is 20.6. The van der Waals surface area contributed by atoms with Gasteiger partial charge in [0.25, 0.3) is 0 Å². The van der Waals surface area contributed by atoms with Crippen molar-refractivity contribution in [1.82, 2.24) is 19.9 Å². The smallest absolute Gasteiger partial charge is 0.167 e. The van der Waals surface area contributed by atoms with Crippen LogP contribution in [0.25, 0.3) is 86.3 Å². The zero-order valence-electron chi connectivity index (χ0n) is 24.5. The number of rotatable bonds is 5. The first-order valence-electron chi connectivity index (χ1n) is 15.1. The molecule has 6 aromatic carbocycles. The molecule has 0 aliphatic rings. The highest BCUT2D eigenvalue weighted by molar-refractivity contribution is 7.27. The Morgan fingerprint density at radius 1 is 0.370 bits per heavy atom. The normalized spacial score (nSPS) is 11.5. The molecule has 3 aromatic heterocycles. The number of hydrogen-bond acceptors (Lipinski definition) is 6. The van der Waals surface area contributed by atoms with Gasteiger partial charge in [-0.2, -0.15) is 0 Å². The van der Waals surface area contributed by atoms with E-state index in [0.29, 0.717) is 17.5 Å². The molecule has 0 aliphatic carbocycles. The highest BCUT2D eigenvalue weighted by Gasteiger charge is 2.22. The third kappa shape index (κ3) is 4.67. The zero-order chi connectivity index (χ0) is 30.5. The summed E-state index contributed by atoms with van der Waals surface area (Å²) < 4.78 is 3.54. The summed E-state index contributed by atoms with van der Waals surface area (Å²) in [5.74, 6) is 1.91. The van der Waals surface area contributed by atoms with Gasteiger partial charge in [0.05, 0.1) is 15.8 Å². The van der Waals surface area contributed by atoms with Crippen molar-refractivity contribution in [3.63, 3.8) is 0 Å². The Morgan fingerprint density at radius 2 is 0.891 bits per heavy atom. The molecule has 4 nitrogen and oxygen atoms in total. The van der Waals surface area contributed by atoms with Crippen LogP contribution < -0.4 is 0 Å². The van der Waals surface area contributed by atoms with E-state index in [1.807, 2.05) is 66.7 Å². The van der Waals surface area contributed by atoms with Gasteiger partial charge in [-0.25, -0.2) is 19.9 Å². The Hall–Kier alpha value is -5.56. The van der Waals surface area contributed by atoms with Crippen molar-refractivity contribution in [3.8, 4) is 55.9 Å². The molecule has 0 unspecified atom stereocenters. The molecule has 0 amide bonds. The molecule has 216 valence electrons. The summed E-state index contributed by atoms with van der Waals surface area (Å²) in [6.45, 7) is 0. The van der Waals surface area contributed by atoms with E-state index in [9.17, 15) is 0 Å². The van der Waals surface area contributed by atoms with Crippen molar-refractivity contribution < 1.29 is 0 Å². The quantitative estimate of drug-likeness (QED) is 0.191. The van der Waals surface area contributed by atoms with E-state index in [-0.39, 0.29) is 0 Å². The van der Waals surface area contributed by atoms with Crippen LogP contribution >= 0.6 is 22.7 Å². The summed E-state index contributed by atoms with van der Waals surface area (Å²) in [7, 11) is 0. The minimum absolute atomic E-state index is 0.628. The van der Waals surface area contributed by atoms with Crippen LogP contribution in [0.15, 0.2) is 146 Å². The second-order valence-corrected chi connectivity index (χ2v) is 13.2. The first-order chi connectivity index (χ1) is 22.8. The monoisotopic (exact) mass is 624 g/mol. The van der Waals surface area contributed by atoms with E-state index in [1.165, 1.54) is 25.9 Å². The first kappa shape index (κ1) is 26.8. The molecule has 0 atom stereocenters. The van der Waals surface area contributed by atoms with Crippen LogP contribution in [-0.2, 0) is 0 Å². The predicted molar refractivity (Wildman–Crippen MR) is 193 cm³/mol. The molecule has 0 saturated heterocycles. The van der Waals surface area contributed by atoms with Gasteiger partial charge in [-0.15, -0.1) is 22.7 Å². The van der Waals surface area contributed by atoms with Crippen molar-refractivity contribution in [3.05, 3.63) is 146 Å². The standard InChI is InChI=1S/C40H24N4S2/c1-4-12-25(13-5-1)26-20-22-29(23-21-26)40-41-36-33(46-40)24-32-34(30-18-10-11-19-31(30)45-32)35(36)39-43-37(27-14-6-2-7-15-27)42-38(44-39)28-16-8-3-9-17-28/h1-24H. The maximum Gasteiger partial charge on any atom is 0.167 e. The maximum atomic E-state index is 5.33. The molecule has 0 fully saturated rings. The molecule has 0 bridgehead atoms. The summed E-state index contributed by atoms with van der Waals surface area (Å²) in [5.41, 5.74) is 7.22. The summed E-state index contributed by atoms with van der Waals surface area (Å²) in [5, 5.41) is 3.29. The summed E-state index contributed by atoms with van der Waals surface area (Å²) in [6.07, 6.45) is 0. The lowest BCUT2D eigenvalue weighted by molar-refractivity contribution is 1.08. The van der Waals surface area contributed by atoms with Gasteiger partial charge in [0, 0.05) is 36.9 Å². The van der Waals surface area contributed by atoms with E-state index in [0.717, 1.165) is 42.9 Å². The Bertz CT molecular complexity index is 2450. The largest absolute Gasteiger partial charge is 0.235 e. The molecule has 3 heterocycles. The van der Waals surface area contributed by atoms with Gasteiger partial charge in [0.1, 0.15) is 5.01 Å². The second-order valence-electron chi connectivity index (χ2n) is 11.1. The van der Waals surface area contributed by atoms with Gasteiger partial charge in [0.2, 0.25) is 0 Å². The van der Waals surface area contributed by atoms with Gasteiger partial charge >= 0.3 is 0 Å². The van der Waals surface area contributed by atoms with Gasteiger partial charge in [0.15, 0.2) is 17.5 Å². The molecular weight excluding hydrogens is 601 g/mol. The minimum atomic E-state index is 0.628. The van der Waals surface area contributed by atoms with Gasteiger partial charge < -0.3 is 0 Å². The Labute approximate surface area is 273 Å². The third-order valence-electron chi connectivity index (χ3n) is 8.19. The fourth-order valence-electron chi connectivity index (χ4n) is 5.97. The van der Waals surface area contributed by atoms with Crippen LogP contribution in [0.2, 0.25) is 0 Å². The molecule has 0 N–H and O–H groups in total. The average Bonchev–Trinajstić information content (AvgIpc) is 3.73. The maximum absolute atomic E-state index is 5.33. The molecular formula is C40H24N4S2. The summed E-state index contributed by atoms with van der Waals surface area (Å²) >= 11 is 3.51. The molecule has 9 aromatic rings. The van der Waals surface area contributed by atoms with Crippen LogP contribution in [0.3, 0.4) is 0 Å². The van der Waals surface area contributed by atoms with Crippen LogP contribution in [-0.4, -0.2) is 19.9 Å². The molecule has 9 rings (SSSR count). The number of fused-ring (bicyclic) bond motifs is 4. The SMILES string of the molecule is c1ccc(-c2ccc(-c3nc4c(-c5nc(-c6ccccc6)nc(-c6ccccc6)n5)c5c(cc4s3)sc3ccccc35)cc2)cc1. The number of aromatic nitrogens is 4. The van der Waals surface area contributed by atoms with Crippen LogP contribution in [0.5, 0.6) is 0 Å². The lowest BCUT2D eigenvalue weighted by atomic mass is 10.0. The van der Waals surface area contributed by atoms with Gasteiger partial charge in [-0.3, -0.25) is 0 Å². The fraction of sp³-hybridized carbons (Fsp3) is 0. The number of thiazole rings is 1. The van der Waals surface area contributed by atoms with Crippen molar-refractivity contribution in [2.45, 2.75) is 0 Å². The van der Waals surface area contributed by atoms with Crippen LogP contribution in [0.4, 0.5) is 0 Å². The third-order valence-corrected chi connectivity index (χ3v) is 10.4. The highest BCUT2D eigenvalue weighted by atomic mass is 32.1. The van der Waals surface area contributed by atoms with Crippen molar-refractivity contribution in [2.75, 3.05) is 0 Å². The molecule has 46 heavy (non-hydrogen) atoms. The van der Waals surface area contributed by atoms with E-state index in [1.54, 1.807) is 22.7 Å². The van der Waals surface area contributed by atoms with Crippen molar-refractivity contribution in [2.24, 2.45) is 0 Å². The first-order valence-corrected chi connectivity index (χ1v) is 16.7. The number of hydrogen-bond donors (Lipinski definition) is 0. The minimum Gasteiger partial charge on any atom is -0.235 e. The Kier molecular flexibility index (Phi) is 6.47. The Balaban J connectivity index is 1.30. The molecule has 0 radical (unpaired) electrons. The van der Waals surface area contributed by atoms with E-state index >= 15 is 0 Å². The average molecular weight is 625 g/mol. The molecule has 0 aliphatic heterocycles. The van der Waals surface area contributed by atoms with E-state index in [2.05, 4.69) is 78.9 Å². The van der Waals surface area contributed by atoms with E-state index in [4.69, 9.17) is 19.9 Å². The lowest BCUT2D eigenvalue weighted by Gasteiger charge is -2.10. The molecule has 6 heteroatoms. The lowest BCUT2D eigenvalue weighted by Crippen LogP contribution is -2.01. The number of benzene rings is 6. The number of nitrogens with zero attached hydrogens (tertiary/aromatic N) is 4. The number of thiophene rings is 1. The predicted octanol–water partition coefficient (Wildman–Crippen LogP) is 11.2.